The summed E-state index contributed by atoms with van der Waals surface area (Å²) < 4.78 is 11.4. The van der Waals surface area contributed by atoms with Crippen molar-refractivity contribution in [1.82, 2.24) is 0 Å². The fourth-order valence-electron chi connectivity index (χ4n) is 2.56. The highest BCUT2D eigenvalue weighted by molar-refractivity contribution is 7.94. The molecule has 0 saturated heterocycles. The summed E-state index contributed by atoms with van der Waals surface area (Å²) in [6.07, 6.45) is 2.98. The zero-order valence-corrected chi connectivity index (χ0v) is 13.6. The average molecular weight is 310 g/mol. The van der Waals surface area contributed by atoms with Crippen molar-refractivity contribution in [3.05, 3.63) is 28.3 Å². The van der Waals surface area contributed by atoms with Crippen molar-refractivity contribution in [2.24, 2.45) is 0 Å². The van der Waals surface area contributed by atoms with Crippen LogP contribution < -0.4 is 4.74 Å². The zero-order chi connectivity index (χ0) is 15.4. The summed E-state index contributed by atoms with van der Waals surface area (Å²) in [5.41, 5.74) is 3.02. The molecule has 1 aliphatic heterocycles. The van der Waals surface area contributed by atoms with Gasteiger partial charge in [-0.3, -0.25) is 0 Å². The molecule has 5 heteroatoms. The highest BCUT2D eigenvalue weighted by Gasteiger charge is 2.29. The van der Waals surface area contributed by atoms with Crippen LogP contribution in [0.5, 0.6) is 5.75 Å². The third-order valence-corrected chi connectivity index (χ3v) is 4.72. The van der Waals surface area contributed by atoms with Gasteiger partial charge in [-0.25, -0.2) is 4.79 Å². The highest BCUT2D eigenvalue weighted by Crippen LogP contribution is 2.45. The van der Waals surface area contributed by atoms with E-state index in [1.165, 1.54) is 12.0 Å². The van der Waals surface area contributed by atoms with Gasteiger partial charge in [-0.1, -0.05) is 13.3 Å². The number of hydrogen-bond donors (Lipinski definition) is 1. The van der Waals surface area contributed by atoms with Crippen molar-refractivity contribution in [1.29, 1.82) is 0 Å². The number of aromatic carboxylic acids is 1. The number of hydrogen-bond acceptors (Lipinski definition) is 4. The summed E-state index contributed by atoms with van der Waals surface area (Å²) in [4.78, 5) is 11.4. The summed E-state index contributed by atoms with van der Waals surface area (Å²) in [7, 11) is 0. The van der Waals surface area contributed by atoms with Crippen LogP contribution in [-0.4, -0.2) is 24.3 Å². The molecule has 21 heavy (non-hydrogen) atoms. The first kappa shape index (κ1) is 16.2. The van der Waals surface area contributed by atoms with Crippen LogP contribution >= 0.6 is 12.0 Å². The van der Waals surface area contributed by atoms with Crippen LogP contribution in [0.4, 0.5) is 0 Å². The molecule has 0 spiro atoms. The maximum atomic E-state index is 11.4. The first-order valence-corrected chi connectivity index (χ1v) is 8.15. The third kappa shape index (κ3) is 3.52. The second kappa shape index (κ2) is 7.18. The summed E-state index contributed by atoms with van der Waals surface area (Å²) in [5, 5.41) is 9.49. The van der Waals surface area contributed by atoms with Crippen molar-refractivity contribution in [2.75, 3.05) is 13.2 Å². The molecule has 0 fully saturated rings. The molecule has 1 aliphatic rings. The molecule has 2 rings (SSSR count). The quantitative estimate of drug-likeness (QED) is 0.627. The first-order valence-electron chi connectivity index (χ1n) is 7.34. The molecule has 1 atom stereocenters. The van der Waals surface area contributed by atoms with E-state index in [-0.39, 0.29) is 5.25 Å². The van der Waals surface area contributed by atoms with E-state index in [0.717, 1.165) is 48.3 Å². The number of carbonyl (C=O) groups is 1. The van der Waals surface area contributed by atoms with E-state index in [0.29, 0.717) is 12.2 Å². The van der Waals surface area contributed by atoms with E-state index in [4.69, 9.17) is 8.92 Å². The van der Waals surface area contributed by atoms with Gasteiger partial charge in [-0.05, 0) is 55.9 Å². The van der Waals surface area contributed by atoms with Crippen LogP contribution in [0.15, 0.2) is 6.07 Å². The number of carboxylic acid groups (broad SMARTS) is 1. The number of ether oxygens (including phenoxy) is 1. The van der Waals surface area contributed by atoms with Crippen molar-refractivity contribution < 1.29 is 18.8 Å². The normalized spacial score (nSPS) is 17.2. The van der Waals surface area contributed by atoms with Gasteiger partial charge >= 0.3 is 5.97 Å². The second-order valence-electron chi connectivity index (χ2n) is 5.31. The Bertz CT molecular complexity index is 527. The van der Waals surface area contributed by atoms with Crippen LogP contribution in [-0.2, 0) is 4.18 Å². The highest BCUT2D eigenvalue weighted by atomic mass is 32.2. The molecule has 1 N–H and O–H groups in total. The van der Waals surface area contributed by atoms with Crippen molar-refractivity contribution >= 4 is 18.0 Å². The van der Waals surface area contributed by atoms with Gasteiger partial charge in [0.05, 0.1) is 24.0 Å². The van der Waals surface area contributed by atoms with E-state index in [1.807, 2.05) is 13.8 Å². The molecular formula is C16H22O4S. The average Bonchev–Trinajstić information content (AvgIpc) is 2.47. The van der Waals surface area contributed by atoms with E-state index in [9.17, 15) is 9.90 Å². The van der Waals surface area contributed by atoms with Gasteiger partial charge in [-0.15, -0.1) is 0 Å². The molecule has 0 aliphatic carbocycles. The smallest absolute Gasteiger partial charge is 0.335 e. The van der Waals surface area contributed by atoms with Gasteiger partial charge in [0.15, 0.2) is 0 Å². The number of benzene rings is 1. The molecule has 0 aromatic heterocycles. The number of rotatable bonds is 6. The van der Waals surface area contributed by atoms with Crippen LogP contribution in [0.25, 0.3) is 0 Å². The Balaban J connectivity index is 2.29. The van der Waals surface area contributed by atoms with E-state index in [1.54, 1.807) is 6.07 Å². The predicted molar refractivity (Wildman–Crippen MR) is 84.2 cm³/mol. The Hall–Kier alpha value is -1.20. The minimum Gasteiger partial charge on any atom is -0.493 e. The minimum absolute atomic E-state index is 0.142. The standard InChI is InChI=1S/C16H22O4S/c1-4-5-7-20-21-13-6-8-19-15-10(2)9-12(16(17)18)11(3)14(13)15/h9,13H,4-8H2,1-3H3,(H,17,18). The molecule has 1 aromatic rings. The third-order valence-electron chi connectivity index (χ3n) is 3.72. The Labute approximate surface area is 130 Å². The summed E-state index contributed by atoms with van der Waals surface area (Å²) >= 11 is 1.45. The van der Waals surface area contributed by atoms with E-state index in [2.05, 4.69) is 6.92 Å². The minimum atomic E-state index is -0.889. The second-order valence-corrected chi connectivity index (χ2v) is 6.31. The molecular weight excluding hydrogens is 288 g/mol. The van der Waals surface area contributed by atoms with Crippen molar-refractivity contribution in [2.45, 2.75) is 45.3 Å². The summed E-state index contributed by atoms with van der Waals surface area (Å²) in [5.74, 6) is -0.0556. The van der Waals surface area contributed by atoms with Gasteiger partial charge < -0.3 is 14.0 Å². The topological polar surface area (TPSA) is 55.8 Å². The van der Waals surface area contributed by atoms with Gasteiger partial charge in [0.2, 0.25) is 0 Å². The maximum absolute atomic E-state index is 11.4. The lowest BCUT2D eigenvalue weighted by atomic mass is 9.93. The van der Waals surface area contributed by atoms with E-state index >= 15 is 0 Å². The van der Waals surface area contributed by atoms with Gasteiger partial charge in [0, 0.05) is 5.56 Å². The largest absolute Gasteiger partial charge is 0.493 e. The van der Waals surface area contributed by atoms with Crippen LogP contribution in [0, 0.1) is 13.8 Å². The Morgan fingerprint density at radius 2 is 2.29 bits per heavy atom. The Morgan fingerprint density at radius 3 is 2.95 bits per heavy atom. The predicted octanol–water partition coefficient (Wildman–Crippen LogP) is 4.29. The lowest BCUT2D eigenvalue weighted by molar-refractivity contribution is 0.0695. The molecule has 1 unspecified atom stereocenters. The van der Waals surface area contributed by atoms with Crippen LogP contribution in [0.2, 0.25) is 0 Å². The fraction of sp³-hybridized carbons (Fsp3) is 0.562. The molecule has 0 radical (unpaired) electrons. The summed E-state index contributed by atoms with van der Waals surface area (Å²) in [6.45, 7) is 7.26. The molecule has 4 nitrogen and oxygen atoms in total. The van der Waals surface area contributed by atoms with Gasteiger partial charge in [0.1, 0.15) is 5.75 Å². The molecule has 0 amide bonds. The molecule has 0 bridgehead atoms. The summed E-state index contributed by atoms with van der Waals surface area (Å²) in [6, 6.07) is 1.70. The molecule has 1 aromatic carbocycles. The molecule has 0 saturated carbocycles. The number of unbranched alkanes of at least 4 members (excludes halogenated alkanes) is 1. The van der Waals surface area contributed by atoms with Crippen LogP contribution in [0.3, 0.4) is 0 Å². The Kier molecular flexibility index (Phi) is 5.53. The number of carboxylic acids is 1. The number of aryl methyl sites for hydroxylation is 1. The molecule has 116 valence electrons. The maximum Gasteiger partial charge on any atom is 0.335 e. The number of fused-ring (bicyclic) bond motifs is 1. The Morgan fingerprint density at radius 1 is 1.52 bits per heavy atom. The monoisotopic (exact) mass is 310 g/mol. The van der Waals surface area contributed by atoms with Crippen molar-refractivity contribution in [3.8, 4) is 5.75 Å². The van der Waals surface area contributed by atoms with E-state index < -0.39 is 5.97 Å². The SMILES string of the molecule is CCCCOSC1CCOc2c(C)cc(C(=O)O)c(C)c21. The lowest BCUT2D eigenvalue weighted by Gasteiger charge is -2.28. The van der Waals surface area contributed by atoms with Crippen molar-refractivity contribution in [3.63, 3.8) is 0 Å². The van der Waals surface area contributed by atoms with Gasteiger partial charge in [-0.2, -0.15) is 0 Å². The molecule has 1 heterocycles. The first-order chi connectivity index (χ1) is 10.1. The lowest BCUT2D eigenvalue weighted by Crippen LogP contribution is -2.17. The van der Waals surface area contributed by atoms with Crippen LogP contribution in [0.1, 0.15) is 58.5 Å². The zero-order valence-electron chi connectivity index (χ0n) is 12.8. The fourth-order valence-corrected chi connectivity index (χ4v) is 3.51. The van der Waals surface area contributed by atoms with Gasteiger partial charge in [0.25, 0.3) is 0 Å².